The van der Waals surface area contributed by atoms with Gasteiger partial charge in [-0.3, -0.25) is 4.79 Å². The summed E-state index contributed by atoms with van der Waals surface area (Å²) in [4.78, 5) is 26.1. The minimum Gasteiger partial charge on any atom is -0.351 e. The summed E-state index contributed by atoms with van der Waals surface area (Å²) < 4.78 is 23.6. The molecule has 0 aliphatic rings. The highest BCUT2D eigenvalue weighted by Crippen LogP contribution is 2.11. The molecule has 0 spiro atoms. The van der Waals surface area contributed by atoms with Gasteiger partial charge in [-0.25, -0.2) is 22.5 Å². The number of thiazole rings is 1. The van der Waals surface area contributed by atoms with Crippen molar-refractivity contribution in [3.8, 4) is 0 Å². The third kappa shape index (κ3) is 4.83. The maximum absolute atomic E-state index is 11.6. The van der Waals surface area contributed by atoms with Gasteiger partial charge in [-0.1, -0.05) is 0 Å². The second kappa shape index (κ2) is 6.48. The Hall–Kier alpha value is -1.68. The molecule has 1 rings (SSSR count). The van der Waals surface area contributed by atoms with Gasteiger partial charge < -0.3 is 11.1 Å². The summed E-state index contributed by atoms with van der Waals surface area (Å²) in [6.45, 7) is 0. The summed E-state index contributed by atoms with van der Waals surface area (Å²) >= 11 is 1.27. The topological polar surface area (TPSA) is 122 Å². The molecule has 0 aliphatic carbocycles. The van der Waals surface area contributed by atoms with E-state index >= 15 is 0 Å². The number of nitrogens with two attached hydrogens (primary N) is 1. The maximum atomic E-state index is 11.6. The summed E-state index contributed by atoms with van der Waals surface area (Å²) in [6, 6.07) is -1.05. The third-order valence-corrected chi connectivity index (χ3v) is 4.72. The molecular formula is C9H14N4O4S2. The van der Waals surface area contributed by atoms with E-state index in [-0.39, 0.29) is 24.5 Å². The van der Waals surface area contributed by atoms with Crippen molar-refractivity contribution >= 4 is 38.4 Å². The van der Waals surface area contributed by atoms with Crippen LogP contribution in [0.3, 0.4) is 0 Å². The van der Waals surface area contributed by atoms with Crippen molar-refractivity contribution in [2.75, 3.05) is 18.1 Å². The van der Waals surface area contributed by atoms with Crippen LogP contribution in [0.4, 0.5) is 9.93 Å². The van der Waals surface area contributed by atoms with E-state index in [0.29, 0.717) is 9.44 Å². The molecule has 0 unspecified atom stereocenters. The van der Waals surface area contributed by atoms with Gasteiger partial charge in [0.15, 0.2) is 5.13 Å². The number of amides is 3. The first-order chi connectivity index (χ1) is 8.83. The van der Waals surface area contributed by atoms with Crippen LogP contribution in [0.15, 0.2) is 11.6 Å². The van der Waals surface area contributed by atoms with Crippen LogP contribution >= 0.6 is 11.3 Å². The number of primary amides is 1. The number of anilines is 1. The van der Waals surface area contributed by atoms with Gasteiger partial charge in [0.05, 0.1) is 5.75 Å². The number of rotatable bonds is 6. The highest BCUT2D eigenvalue weighted by Gasteiger charge is 2.20. The molecule has 8 nitrogen and oxygen atoms in total. The van der Waals surface area contributed by atoms with Crippen molar-refractivity contribution in [3.63, 3.8) is 0 Å². The lowest BCUT2D eigenvalue weighted by molar-refractivity contribution is -0.116. The minimum absolute atomic E-state index is 0.0193. The standard InChI is InChI=1S/C9H14N4O4S2/c1-13(8(10)15)19(16,17)6-2-3-7(14)12-9-11-4-5-18-9/h4-5H,2-3,6H2,1H3,(H2,10,15)(H,11,12,14). The number of aromatic nitrogens is 1. The molecule has 0 saturated carbocycles. The lowest BCUT2D eigenvalue weighted by Crippen LogP contribution is -2.38. The molecule has 1 aromatic rings. The summed E-state index contributed by atoms with van der Waals surface area (Å²) in [7, 11) is -2.67. The van der Waals surface area contributed by atoms with Crippen molar-refractivity contribution < 1.29 is 18.0 Å². The van der Waals surface area contributed by atoms with E-state index < -0.39 is 16.1 Å². The van der Waals surface area contributed by atoms with Crippen molar-refractivity contribution in [2.24, 2.45) is 5.73 Å². The van der Waals surface area contributed by atoms with Crippen molar-refractivity contribution in [2.45, 2.75) is 12.8 Å². The molecule has 19 heavy (non-hydrogen) atoms. The summed E-state index contributed by atoms with van der Waals surface area (Å²) in [5.74, 6) is -0.649. The van der Waals surface area contributed by atoms with Gasteiger partial charge in [-0.05, 0) is 6.42 Å². The molecule has 3 amide bonds. The fourth-order valence-electron chi connectivity index (χ4n) is 1.16. The normalized spacial score (nSPS) is 11.0. The fourth-order valence-corrected chi connectivity index (χ4v) is 2.76. The monoisotopic (exact) mass is 306 g/mol. The largest absolute Gasteiger partial charge is 0.351 e. The van der Waals surface area contributed by atoms with Gasteiger partial charge in [0.1, 0.15) is 0 Å². The first-order valence-electron chi connectivity index (χ1n) is 5.28. The van der Waals surface area contributed by atoms with Crippen LogP contribution in [0.25, 0.3) is 0 Å². The Bertz CT molecular complexity index is 541. The van der Waals surface area contributed by atoms with Crippen LogP contribution in [-0.4, -0.2) is 42.4 Å². The zero-order valence-electron chi connectivity index (χ0n) is 10.2. The second-order valence-corrected chi connectivity index (χ2v) is 6.63. The molecule has 3 N–H and O–H groups in total. The molecule has 0 fully saturated rings. The van der Waals surface area contributed by atoms with Crippen LogP contribution in [0.2, 0.25) is 0 Å². The Balaban J connectivity index is 2.38. The lowest BCUT2D eigenvalue weighted by atomic mass is 10.3. The molecule has 106 valence electrons. The molecule has 0 aromatic carbocycles. The van der Waals surface area contributed by atoms with Crippen molar-refractivity contribution in [1.29, 1.82) is 0 Å². The highest BCUT2D eigenvalue weighted by atomic mass is 32.2. The van der Waals surface area contributed by atoms with E-state index in [0.717, 1.165) is 7.05 Å². The van der Waals surface area contributed by atoms with Gasteiger partial charge >= 0.3 is 6.03 Å². The van der Waals surface area contributed by atoms with Gasteiger partial charge in [-0.2, -0.15) is 0 Å². The number of hydrogen-bond donors (Lipinski definition) is 2. The number of nitrogens with one attached hydrogen (secondary N) is 1. The van der Waals surface area contributed by atoms with Gasteiger partial charge in [0, 0.05) is 25.0 Å². The molecule has 0 aliphatic heterocycles. The quantitative estimate of drug-likeness (QED) is 0.777. The number of carbonyl (C=O) groups excluding carboxylic acids is 2. The third-order valence-electron chi connectivity index (χ3n) is 2.21. The average Bonchev–Trinajstić information content (AvgIpc) is 2.80. The van der Waals surface area contributed by atoms with E-state index in [4.69, 9.17) is 5.73 Å². The first-order valence-corrected chi connectivity index (χ1v) is 7.77. The van der Waals surface area contributed by atoms with E-state index in [1.807, 2.05) is 0 Å². The molecule has 1 aromatic heterocycles. The first kappa shape index (κ1) is 15.4. The predicted octanol–water partition coefficient (Wildman–Crippen LogP) is 0.202. The van der Waals surface area contributed by atoms with Gasteiger partial charge in [-0.15, -0.1) is 11.3 Å². The molecule has 0 radical (unpaired) electrons. The summed E-state index contributed by atoms with van der Waals surface area (Å²) in [5, 5.41) is 4.70. The summed E-state index contributed by atoms with van der Waals surface area (Å²) in [6.07, 6.45) is 1.66. The van der Waals surface area contributed by atoms with Gasteiger partial charge in [0.2, 0.25) is 15.9 Å². The van der Waals surface area contributed by atoms with E-state index in [1.54, 1.807) is 11.6 Å². The Morgan fingerprint density at radius 1 is 1.53 bits per heavy atom. The van der Waals surface area contributed by atoms with Crippen LogP contribution in [0, 0.1) is 0 Å². The SMILES string of the molecule is CN(C(N)=O)S(=O)(=O)CCCC(=O)Nc1nccs1. The average molecular weight is 306 g/mol. The number of hydrogen-bond acceptors (Lipinski definition) is 6. The van der Waals surface area contributed by atoms with Crippen LogP contribution in [-0.2, 0) is 14.8 Å². The second-order valence-electron chi connectivity index (χ2n) is 3.61. The molecule has 1 heterocycles. The Kier molecular flexibility index (Phi) is 5.24. The summed E-state index contributed by atoms with van der Waals surface area (Å²) in [5.41, 5.74) is 4.87. The maximum Gasteiger partial charge on any atom is 0.328 e. The predicted molar refractivity (Wildman–Crippen MR) is 71.1 cm³/mol. The fraction of sp³-hybridized carbons (Fsp3) is 0.444. The molecule has 10 heteroatoms. The molecule has 0 saturated heterocycles. The van der Waals surface area contributed by atoms with Crippen LogP contribution in [0.1, 0.15) is 12.8 Å². The number of urea groups is 1. The molecule has 0 atom stereocenters. The van der Waals surface area contributed by atoms with E-state index in [2.05, 4.69) is 10.3 Å². The molecule has 0 bridgehead atoms. The van der Waals surface area contributed by atoms with Gasteiger partial charge in [0.25, 0.3) is 0 Å². The Labute approximate surface area is 114 Å². The van der Waals surface area contributed by atoms with E-state index in [9.17, 15) is 18.0 Å². The van der Waals surface area contributed by atoms with Crippen LogP contribution in [0.5, 0.6) is 0 Å². The number of sulfonamides is 1. The lowest BCUT2D eigenvalue weighted by Gasteiger charge is -2.14. The number of carbonyl (C=O) groups is 2. The smallest absolute Gasteiger partial charge is 0.328 e. The van der Waals surface area contributed by atoms with Crippen LogP contribution < -0.4 is 11.1 Å². The minimum atomic E-state index is -3.75. The van der Waals surface area contributed by atoms with Crippen molar-refractivity contribution in [1.82, 2.24) is 9.29 Å². The van der Waals surface area contributed by atoms with E-state index in [1.165, 1.54) is 11.3 Å². The zero-order chi connectivity index (χ0) is 14.5. The highest BCUT2D eigenvalue weighted by molar-refractivity contribution is 7.89. The Morgan fingerprint density at radius 3 is 2.74 bits per heavy atom. The van der Waals surface area contributed by atoms with Crippen molar-refractivity contribution in [3.05, 3.63) is 11.6 Å². The zero-order valence-corrected chi connectivity index (χ0v) is 11.8. The number of nitrogens with zero attached hydrogens (tertiary/aromatic N) is 2. The molecular weight excluding hydrogens is 292 g/mol. The Morgan fingerprint density at radius 2 is 2.21 bits per heavy atom.